The van der Waals surface area contributed by atoms with E-state index < -0.39 is 0 Å². The van der Waals surface area contributed by atoms with Crippen molar-refractivity contribution in [1.82, 2.24) is 14.5 Å². The van der Waals surface area contributed by atoms with Gasteiger partial charge in [0.2, 0.25) is 0 Å². The van der Waals surface area contributed by atoms with Crippen LogP contribution in [0.15, 0.2) is 51.7 Å². The highest BCUT2D eigenvalue weighted by molar-refractivity contribution is 8.00. The maximum Gasteiger partial charge on any atom is 0.177 e. The summed E-state index contributed by atoms with van der Waals surface area (Å²) in [5.74, 6) is 0.986. The number of thiophene rings is 1. The molecule has 0 saturated heterocycles. The van der Waals surface area contributed by atoms with Crippen LogP contribution in [0.4, 0.5) is 0 Å². The molecule has 4 aromatic rings. The van der Waals surface area contributed by atoms with Crippen molar-refractivity contribution < 1.29 is 9.21 Å². The quantitative estimate of drug-likeness (QED) is 0.257. The zero-order valence-electron chi connectivity index (χ0n) is 15.3. The number of fused-ring (bicyclic) bond motifs is 1. The molecule has 0 unspecified atom stereocenters. The summed E-state index contributed by atoms with van der Waals surface area (Å²) < 4.78 is 7.57. The van der Waals surface area contributed by atoms with Crippen LogP contribution in [0.2, 0.25) is 0 Å². The lowest BCUT2D eigenvalue weighted by atomic mass is 10.1. The van der Waals surface area contributed by atoms with Crippen LogP contribution in [0, 0.1) is 13.8 Å². The third kappa shape index (κ3) is 3.44. The van der Waals surface area contributed by atoms with Gasteiger partial charge in [-0.1, -0.05) is 11.8 Å². The normalized spacial score (nSPS) is 12.6. The van der Waals surface area contributed by atoms with Crippen LogP contribution in [0.5, 0.6) is 0 Å². The predicted octanol–water partition coefficient (Wildman–Crippen LogP) is 5.11. The number of carbonyl (C=O) groups is 1. The highest BCUT2D eigenvalue weighted by atomic mass is 32.2. The molecule has 138 valence electrons. The van der Waals surface area contributed by atoms with Crippen LogP contribution in [0.3, 0.4) is 0 Å². The van der Waals surface area contributed by atoms with Gasteiger partial charge in [-0.25, -0.2) is 9.97 Å². The topological polar surface area (TPSA) is 60.9 Å². The molecule has 0 fully saturated rings. The number of hydrogen-bond acceptors (Lipinski definition) is 6. The number of aryl methyl sites for hydroxylation is 1. The van der Waals surface area contributed by atoms with Crippen molar-refractivity contribution >= 4 is 39.1 Å². The van der Waals surface area contributed by atoms with Crippen LogP contribution >= 0.6 is 23.1 Å². The van der Waals surface area contributed by atoms with Gasteiger partial charge in [-0.2, -0.15) is 0 Å². The van der Waals surface area contributed by atoms with E-state index in [4.69, 9.17) is 4.42 Å². The van der Waals surface area contributed by atoms with Gasteiger partial charge in [0, 0.05) is 22.3 Å². The summed E-state index contributed by atoms with van der Waals surface area (Å²) in [5.41, 5.74) is 2.77. The summed E-state index contributed by atoms with van der Waals surface area (Å²) in [4.78, 5) is 22.7. The molecule has 0 radical (unpaired) electrons. The molecule has 0 saturated carbocycles. The largest absolute Gasteiger partial charge is 0.467 e. The monoisotopic (exact) mass is 397 g/mol. The van der Waals surface area contributed by atoms with Crippen molar-refractivity contribution in [1.29, 1.82) is 0 Å². The SMILES string of the molecule is Cc1cc(C(=O)[C@@H](C)Sc2ncnc3sccc23)c(C)n1Cc1ccco1. The Morgan fingerprint density at radius 2 is 2.19 bits per heavy atom. The van der Waals surface area contributed by atoms with E-state index in [-0.39, 0.29) is 11.0 Å². The van der Waals surface area contributed by atoms with E-state index in [0.717, 1.165) is 38.0 Å². The molecule has 0 aromatic carbocycles. The van der Waals surface area contributed by atoms with E-state index in [2.05, 4.69) is 14.5 Å². The van der Waals surface area contributed by atoms with Crippen LogP contribution in [0.1, 0.15) is 34.4 Å². The standard InChI is InChI=1S/C20H19N3O2S2/c1-12-9-17(13(2)23(12)10-15-5-4-7-25-15)18(24)14(3)27-20-16-6-8-26-19(16)21-11-22-20/h4-9,11,14H,10H2,1-3H3/t14-/m1/s1. The molecule has 0 aliphatic rings. The minimum atomic E-state index is -0.236. The Balaban J connectivity index is 1.58. The molecule has 1 atom stereocenters. The fraction of sp³-hybridized carbons (Fsp3) is 0.250. The lowest BCUT2D eigenvalue weighted by Gasteiger charge is -2.11. The smallest absolute Gasteiger partial charge is 0.177 e. The molecule has 4 rings (SSSR count). The molecule has 0 aliphatic heterocycles. The molecule has 0 bridgehead atoms. The molecule has 0 N–H and O–H groups in total. The zero-order valence-corrected chi connectivity index (χ0v) is 16.9. The number of thioether (sulfide) groups is 1. The molecule has 0 amide bonds. The lowest BCUT2D eigenvalue weighted by Crippen LogP contribution is -2.15. The third-order valence-corrected chi connectivity index (χ3v) is 6.55. The van der Waals surface area contributed by atoms with E-state index in [9.17, 15) is 4.79 Å². The number of rotatable bonds is 6. The van der Waals surface area contributed by atoms with Gasteiger partial charge < -0.3 is 8.98 Å². The summed E-state index contributed by atoms with van der Waals surface area (Å²) in [6.45, 7) is 6.57. The second kappa shape index (κ2) is 7.32. The number of ketones is 1. The molecule has 0 spiro atoms. The fourth-order valence-corrected chi connectivity index (χ4v) is 4.92. The molecule has 0 aliphatic carbocycles. The van der Waals surface area contributed by atoms with E-state index in [1.807, 2.05) is 50.4 Å². The Hall–Kier alpha value is -2.38. The molecule has 4 heterocycles. The molecule has 27 heavy (non-hydrogen) atoms. The second-order valence-electron chi connectivity index (χ2n) is 6.39. The first-order valence-electron chi connectivity index (χ1n) is 8.62. The number of Topliss-reactive ketones (excluding diaryl/α,β-unsaturated/α-hetero) is 1. The zero-order chi connectivity index (χ0) is 19.0. The maximum atomic E-state index is 13.1. The Morgan fingerprint density at radius 1 is 1.33 bits per heavy atom. The van der Waals surface area contributed by atoms with Crippen molar-refractivity contribution in [2.75, 3.05) is 0 Å². The lowest BCUT2D eigenvalue weighted by molar-refractivity contribution is 0.0993. The van der Waals surface area contributed by atoms with Crippen molar-refractivity contribution in [2.45, 2.75) is 37.6 Å². The minimum Gasteiger partial charge on any atom is -0.467 e. The first-order valence-corrected chi connectivity index (χ1v) is 10.4. The van der Waals surface area contributed by atoms with Crippen molar-refractivity contribution in [3.8, 4) is 0 Å². The predicted molar refractivity (Wildman–Crippen MR) is 109 cm³/mol. The second-order valence-corrected chi connectivity index (χ2v) is 8.62. The number of aromatic nitrogens is 3. The summed E-state index contributed by atoms with van der Waals surface area (Å²) in [6.07, 6.45) is 3.23. The van der Waals surface area contributed by atoms with Gasteiger partial charge in [-0.05, 0) is 50.4 Å². The van der Waals surface area contributed by atoms with Gasteiger partial charge in [0.1, 0.15) is 21.9 Å². The van der Waals surface area contributed by atoms with Gasteiger partial charge in [-0.15, -0.1) is 11.3 Å². The fourth-order valence-electron chi connectivity index (χ4n) is 3.15. The van der Waals surface area contributed by atoms with Crippen LogP contribution in [0.25, 0.3) is 10.2 Å². The summed E-state index contributed by atoms with van der Waals surface area (Å²) >= 11 is 3.07. The molecular weight excluding hydrogens is 378 g/mol. The van der Waals surface area contributed by atoms with Crippen LogP contribution in [-0.4, -0.2) is 25.6 Å². The van der Waals surface area contributed by atoms with Gasteiger partial charge >= 0.3 is 0 Å². The van der Waals surface area contributed by atoms with Gasteiger partial charge in [-0.3, -0.25) is 4.79 Å². The molecule has 4 aromatic heterocycles. The highest BCUT2D eigenvalue weighted by Gasteiger charge is 2.23. The van der Waals surface area contributed by atoms with Crippen LogP contribution in [-0.2, 0) is 6.54 Å². The van der Waals surface area contributed by atoms with Gasteiger partial charge in [0.25, 0.3) is 0 Å². The molecular formula is C20H19N3O2S2. The summed E-state index contributed by atoms with van der Waals surface area (Å²) in [6, 6.07) is 7.80. The van der Waals surface area contributed by atoms with E-state index in [1.54, 1.807) is 23.9 Å². The number of furan rings is 1. The Morgan fingerprint density at radius 3 is 2.96 bits per heavy atom. The van der Waals surface area contributed by atoms with Crippen molar-refractivity contribution in [2.24, 2.45) is 0 Å². The number of carbonyl (C=O) groups excluding carboxylic acids is 1. The van der Waals surface area contributed by atoms with Gasteiger partial charge in [0.15, 0.2) is 5.78 Å². The average Bonchev–Trinajstić information content (AvgIpc) is 3.39. The maximum absolute atomic E-state index is 13.1. The Bertz CT molecular complexity index is 1100. The third-order valence-electron chi connectivity index (χ3n) is 4.62. The summed E-state index contributed by atoms with van der Waals surface area (Å²) in [7, 11) is 0. The van der Waals surface area contributed by atoms with Crippen molar-refractivity contribution in [3.05, 3.63) is 64.9 Å². The first-order chi connectivity index (χ1) is 13.0. The Labute approximate surface area is 165 Å². The number of nitrogens with zero attached hydrogens (tertiary/aromatic N) is 3. The molecule has 7 heteroatoms. The van der Waals surface area contributed by atoms with E-state index in [1.165, 1.54) is 11.8 Å². The molecule has 5 nitrogen and oxygen atoms in total. The van der Waals surface area contributed by atoms with Gasteiger partial charge in [0.05, 0.1) is 18.1 Å². The Kier molecular flexibility index (Phi) is 4.88. The van der Waals surface area contributed by atoms with Crippen molar-refractivity contribution in [3.63, 3.8) is 0 Å². The highest BCUT2D eigenvalue weighted by Crippen LogP contribution is 2.32. The first kappa shape index (κ1) is 18.0. The average molecular weight is 398 g/mol. The van der Waals surface area contributed by atoms with E-state index >= 15 is 0 Å². The summed E-state index contributed by atoms with van der Waals surface area (Å²) in [5, 5.41) is 3.63. The van der Waals surface area contributed by atoms with E-state index in [0.29, 0.717) is 6.54 Å². The minimum absolute atomic E-state index is 0.112. The van der Waals surface area contributed by atoms with Crippen LogP contribution < -0.4 is 0 Å². The number of hydrogen-bond donors (Lipinski definition) is 0.